The molecule has 2 aromatic rings. The molecule has 0 atom stereocenters. The number of carbonyl (C=O) groups excluding carboxylic acids is 1. The summed E-state index contributed by atoms with van der Waals surface area (Å²) < 4.78 is 5.54. The predicted molar refractivity (Wildman–Crippen MR) is 97.2 cm³/mol. The first-order valence-corrected chi connectivity index (χ1v) is 8.40. The zero-order chi connectivity index (χ0) is 18.1. The van der Waals surface area contributed by atoms with Crippen LogP contribution in [0.1, 0.15) is 24.8 Å². The van der Waals surface area contributed by atoms with Gasteiger partial charge in [0.05, 0.1) is 11.6 Å². The molecular formula is C19H20ClNO4. The van der Waals surface area contributed by atoms with Gasteiger partial charge in [-0.15, -0.1) is 0 Å². The second-order valence-corrected chi connectivity index (χ2v) is 5.93. The van der Waals surface area contributed by atoms with Gasteiger partial charge in [0.1, 0.15) is 5.75 Å². The zero-order valence-electron chi connectivity index (χ0n) is 13.7. The van der Waals surface area contributed by atoms with Crippen molar-refractivity contribution in [2.24, 2.45) is 0 Å². The lowest BCUT2D eigenvalue weighted by atomic mass is 10.1. The number of ether oxygens (including phenoxy) is 1. The number of hydrogen-bond donors (Lipinski definition) is 2. The summed E-state index contributed by atoms with van der Waals surface area (Å²) in [5.74, 6) is -0.307. The molecule has 0 aliphatic carbocycles. The standard InChI is InChI=1S/C19H20ClNO4/c20-16-4-1-2-5-17(16)25-13-3-6-18(22)21-15-10-7-14(8-11-15)9-12-19(23)24/h1-2,4-5,7-8,10-11H,3,6,9,12-13H2,(H,21,22)(H,23,24). The average molecular weight is 362 g/mol. The molecule has 5 nitrogen and oxygen atoms in total. The molecule has 25 heavy (non-hydrogen) atoms. The van der Waals surface area contributed by atoms with Crippen molar-refractivity contribution >= 4 is 29.2 Å². The van der Waals surface area contributed by atoms with E-state index in [0.29, 0.717) is 42.3 Å². The minimum atomic E-state index is -0.823. The maximum Gasteiger partial charge on any atom is 0.303 e. The van der Waals surface area contributed by atoms with E-state index in [0.717, 1.165) is 5.56 Å². The topological polar surface area (TPSA) is 75.6 Å². The van der Waals surface area contributed by atoms with Gasteiger partial charge in [0, 0.05) is 18.5 Å². The van der Waals surface area contributed by atoms with Crippen molar-refractivity contribution in [1.82, 2.24) is 0 Å². The van der Waals surface area contributed by atoms with E-state index in [1.807, 2.05) is 24.3 Å². The van der Waals surface area contributed by atoms with Gasteiger partial charge in [0.2, 0.25) is 5.91 Å². The van der Waals surface area contributed by atoms with Crippen molar-refractivity contribution in [1.29, 1.82) is 0 Å². The van der Waals surface area contributed by atoms with Crippen molar-refractivity contribution < 1.29 is 19.4 Å². The van der Waals surface area contributed by atoms with Gasteiger partial charge in [0.25, 0.3) is 0 Å². The molecule has 0 spiro atoms. The number of aliphatic carboxylic acids is 1. The molecule has 6 heteroatoms. The van der Waals surface area contributed by atoms with Crippen molar-refractivity contribution in [2.45, 2.75) is 25.7 Å². The number of hydrogen-bond acceptors (Lipinski definition) is 3. The number of benzene rings is 2. The lowest BCUT2D eigenvalue weighted by Crippen LogP contribution is -2.12. The van der Waals surface area contributed by atoms with Crippen LogP contribution in [-0.4, -0.2) is 23.6 Å². The van der Waals surface area contributed by atoms with E-state index in [1.54, 1.807) is 24.3 Å². The van der Waals surface area contributed by atoms with Gasteiger partial charge in [-0.2, -0.15) is 0 Å². The maximum absolute atomic E-state index is 11.9. The molecular weight excluding hydrogens is 342 g/mol. The Labute approximate surface area is 151 Å². The Morgan fingerprint density at radius 3 is 2.44 bits per heavy atom. The van der Waals surface area contributed by atoms with Gasteiger partial charge in [-0.05, 0) is 42.7 Å². The first kappa shape index (κ1) is 18.8. The largest absolute Gasteiger partial charge is 0.492 e. The minimum Gasteiger partial charge on any atom is -0.492 e. The van der Waals surface area contributed by atoms with E-state index in [9.17, 15) is 9.59 Å². The summed E-state index contributed by atoms with van der Waals surface area (Å²) in [5.41, 5.74) is 1.62. The molecule has 0 radical (unpaired) electrons. The Bertz CT molecular complexity index is 716. The molecule has 0 aliphatic rings. The number of anilines is 1. The molecule has 2 aromatic carbocycles. The Morgan fingerprint density at radius 2 is 1.76 bits per heavy atom. The van der Waals surface area contributed by atoms with Crippen LogP contribution in [0.5, 0.6) is 5.75 Å². The number of nitrogens with one attached hydrogen (secondary N) is 1. The molecule has 0 saturated carbocycles. The Morgan fingerprint density at radius 1 is 1.04 bits per heavy atom. The number of para-hydroxylation sites is 1. The molecule has 132 valence electrons. The smallest absolute Gasteiger partial charge is 0.303 e. The molecule has 2 N–H and O–H groups in total. The van der Waals surface area contributed by atoms with Gasteiger partial charge >= 0.3 is 5.97 Å². The van der Waals surface area contributed by atoms with E-state index in [1.165, 1.54) is 0 Å². The van der Waals surface area contributed by atoms with Crippen LogP contribution < -0.4 is 10.1 Å². The summed E-state index contributed by atoms with van der Waals surface area (Å²) in [6, 6.07) is 14.4. The Hall–Kier alpha value is -2.53. The maximum atomic E-state index is 11.9. The van der Waals surface area contributed by atoms with E-state index in [2.05, 4.69) is 5.32 Å². The predicted octanol–water partition coefficient (Wildman–Crippen LogP) is 4.15. The number of carboxylic acids is 1. The fourth-order valence-electron chi connectivity index (χ4n) is 2.21. The molecule has 1 amide bonds. The number of halogens is 1. The van der Waals surface area contributed by atoms with E-state index in [-0.39, 0.29) is 12.3 Å². The molecule has 0 bridgehead atoms. The molecule has 0 fully saturated rings. The van der Waals surface area contributed by atoms with Gasteiger partial charge in [-0.3, -0.25) is 9.59 Å². The third-order valence-electron chi connectivity index (χ3n) is 3.51. The number of carbonyl (C=O) groups is 2. The van der Waals surface area contributed by atoms with Crippen LogP contribution >= 0.6 is 11.6 Å². The van der Waals surface area contributed by atoms with Crippen molar-refractivity contribution in [2.75, 3.05) is 11.9 Å². The summed E-state index contributed by atoms with van der Waals surface area (Å²) >= 11 is 5.99. The second-order valence-electron chi connectivity index (χ2n) is 5.52. The highest BCUT2D eigenvalue weighted by atomic mass is 35.5. The lowest BCUT2D eigenvalue weighted by Gasteiger charge is -2.08. The monoisotopic (exact) mass is 361 g/mol. The number of carboxylic acid groups (broad SMARTS) is 1. The van der Waals surface area contributed by atoms with Crippen LogP contribution in [0.2, 0.25) is 5.02 Å². The fourth-order valence-corrected chi connectivity index (χ4v) is 2.40. The van der Waals surface area contributed by atoms with Gasteiger partial charge in [-0.1, -0.05) is 35.9 Å². The molecule has 2 rings (SSSR count). The molecule has 0 heterocycles. The first-order valence-electron chi connectivity index (χ1n) is 8.02. The van der Waals surface area contributed by atoms with Crippen LogP contribution in [-0.2, 0) is 16.0 Å². The molecule has 0 unspecified atom stereocenters. The summed E-state index contributed by atoms with van der Waals surface area (Å²) in [6.07, 6.45) is 1.49. The lowest BCUT2D eigenvalue weighted by molar-refractivity contribution is -0.137. The Balaban J connectivity index is 1.69. The van der Waals surface area contributed by atoms with Gasteiger partial charge in [-0.25, -0.2) is 0 Å². The third kappa shape index (κ3) is 6.85. The van der Waals surface area contributed by atoms with Gasteiger partial charge in [0.15, 0.2) is 0 Å². The van der Waals surface area contributed by atoms with Crippen molar-refractivity contribution in [3.05, 3.63) is 59.1 Å². The molecule has 0 saturated heterocycles. The van der Waals surface area contributed by atoms with Crippen LogP contribution in [0, 0.1) is 0 Å². The highest BCUT2D eigenvalue weighted by molar-refractivity contribution is 6.32. The van der Waals surface area contributed by atoms with Crippen molar-refractivity contribution in [3.63, 3.8) is 0 Å². The van der Waals surface area contributed by atoms with Gasteiger partial charge < -0.3 is 15.2 Å². The normalized spacial score (nSPS) is 10.3. The fraction of sp³-hybridized carbons (Fsp3) is 0.263. The second kappa shape index (κ2) is 9.69. The van der Waals surface area contributed by atoms with Crippen LogP contribution in [0.15, 0.2) is 48.5 Å². The summed E-state index contributed by atoms with van der Waals surface area (Å²) in [7, 11) is 0. The number of aryl methyl sites for hydroxylation is 1. The minimum absolute atomic E-state index is 0.0944. The summed E-state index contributed by atoms with van der Waals surface area (Å²) in [5, 5.41) is 12.0. The summed E-state index contributed by atoms with van der Waals surface area (Å²) in [6.45, 7) is 0.408. The number of rotatable bonds is 9. The van der Waals surface area contributed by atoms with Crippen molar-refractivity contribution in [3.8, 4) is 5.75 Å². The number of amides is 1. The quantitative estimate of drug-likeness (QED) is 0.658. The van der Waals surface area contributed by atoms with E-state index >= 15 is 0 Å². The highest BCUT2D eigenvalue weighted by Crippen LogP contribution is 2.23. The van der Waals surface area contributed by atoms with Crippen LogP contribution in [0.4, 0.5) is 5.69 Å². The van der Waals surface area contributed by atoms with E-state index in [4.69, 9.17) is 21.4 Å². The average Bonchev–Trinajstić information content (AvgIpc) is 2.59. The molecule has 0 aliphatic heterocycles. The third-order valence-corrected chi connectivity index (χ3v) is 3.82. The van der Waals surface area contributed by atoms with Crippen LogP contribution in [0.25, 0.3) is 0 Å². The Kier molecular flexibility index (Phi) is 7.29. The molecule has 0 aromatic heterocycles. The summed E-state index contributed by atoms with van der Waals surface area (Å²) in [4.78, 5) is 22.5. The van der Waals surface area contributed by atoms with Crippen LogP contribution in [0.3, 0.4) is 0 Å². The van der Waals surface area contributed by atoms with E-state index < -0.39 is 5.97 Å². The highest BCUT2D eigenvalue weighted by Gasteiger charge is 2.05. The first-order chi connectivity index (χ1) is 12.0. The SMILES string of the molecule is O=C(O)CCc1ccc(NC(=O)CCCOc2ccccc2Cl)cc1. The zero-order valence-corrected chi connectivity index (χ0v) is 14.5.